The number of halogens is 4. The van der Waals surface area contributed by atoms with Crippen molar-refractivity contribution in [2.24, 2.45) is 0 Å². The molecule has 0 radical (unpaired) electrons. The molecule has 5 rings (SSSR count). The van der Waals surface area contributed by atoms with E-state index in [-0.39, 0.29) is 6.67 Å². The Labute approximate surface area is 208 Å². The first kappa shape index (κ1) is 25.0. The van der Waals surface area contributed by atoms with E-state index in [2.05, 4.69) is 35.8 Å². The topological polar surface area (TPSA) is 74.6 Å². The second kappa shape index (κ2) is 9.87. The van der Waals surface area contributed by atoms with Crippen LogP contribution in [0, 0.1) is 0 Å². The first-order valence-electron chi connectivity index (χ1n) is 10.6. The van der Waals surface area contributed by atoms with Crippen molar-refractivity contribution in [1.82, 2.24) is 9.58 Å². The predicted octanol–water partition coefficient (Wildman–Crippen LogP) is 5.00. The van der Waals surface area contributed by atoms with Crippen LogP contribution in [0.2, 0.25) is 5.02 Å². The summed E-state index contributed by atoms with van der Waals surface area (Å²) in [4.78, 5) is 25.0. The van der Waals surface area contributed by atoms with Crippen molar-refractivity contribution in [3.8, 4) is 5.75 Å². The van der Waals surface area contributed by atoms with Crippen molar-refractivity contribution in [2.45, 2.75) is 36.2 Å². The second-order valence-electron chi connectivity index (χ2n) is 8.01. The molecule has 2 aliphatic heterocycles. The number of nitrogens with one attached hydrogen (secondary N) is 1. The number of hydrogen-bond acceptors (Lipinski definition) is 5. The van der Waals surface area contributed by atoms with E-state index in [9.17, 15) is 27.9 Å². The Morgan fingerprint density at radius 1 is 1.09 bits per heavy atom. The van der Waals surface area contributed by atoms with E-state index < -0.39 is 35.0 Å². The van der Waals surface area contributed by atoms with E-state index in [1.165, 1.54) is 27.8 Å². The molecule has 0 spiro atoms. The van der Waals surface area contributed by atoms with Crippen molar-refractivity contribution in [1.29, 1.82) is 0 Å². The number of thioether (sulfide) groups is 1. The molecular formula is C24H21ClF3N3O3S. The molecule has 184 valence electrons. The molecule has 6 nitrogen and oxygen atoms in total. The third-order valence-corrected chi connectivity index (χ3v) is 7.35. The van der Waals surface area contributed by atoms with Crippen LogP contribution in [-0.2, 0) is 12.2 Å². The lowest BCUT2D eigenvalue weighted by Crippen LogP contribution is -2.54. The van der Waals surface area contributed by atoms with Gasteiger partial charge >= 0.3 is 6.18 Å². The lowest BCUT2D eigenvalue weighted by Gasteiger charge is -2.35. The van der Waals surface area contributed by atoms with Crippen molar-refractivity contribution < 1.29 is 23.1 Å². The van der Waals surface area contributed by atoms with Gasteiger partial charge in [-0.25, -0.2) is 0 Å². The van der Waals surface area contributed by atoms with E-state index in [1.807, 2.05) is 23.9 Å². The Morgan fingerprint density at radius 3 is 2.54 bits per heavy atom. The molecule has 3 heterocycles. The Balaban J connectivity index is 0.000000167. The van der Waals surface area contributed by atoms with Gasteiger partial charge in [0.05, 0.1) is 0 Å². The maximum Gasteiger partial charge on any atom is 0.408 e. The molecule has 0 fully saturated rings. The molecule has 1 atom stereocenters. The fourth-order valence-corrected chi connectivity index (χ4v) is 5.13. The average Bonchev–Trinajstić information content (AvgIpc) is 3.01. The number of amides is 1. The number of carbonyl (C=O) groups excluding carboxylic acids is 1. The van der Waals surface area contributed by atoms with Crippen LogP contribution in [0.4, 0.5) is 13.2 Å². The monoisotopic (exact) mass is 523 g/mol. The average molecular weight is 524 g/mol. The predicted molar refractivity (Wildman–Crippen MR) is 129 cm³/mol. The third kappa shape index (κ3) is 5.13. The molecule has 0 saturated heterocycles. The van der Waals surface area contributed by atoms with Gasteiger partial charge in [0.25, 0.3) is 5.91 Å². The van der Waals surface area contributed by atoms with Gasteiger partial charge in [-0.2, -0.15) is 13.2 Å². The molecule has 11 heteroatoms. The highest BCUT2D eigenvalue weighted by atomic mass is 35.5. The number of alkyl halides is 3. The molecule has 2 aromatic carbocycles. The maximum atomic E-state index is 12.6. The zero-order valence-corrected chi connectivity index (χ0v) is 20.0. The van der Waals surface area contributed by atoms with Crippen molar-refractivity contribution in [3.63, 3.8) is 0 Å². The van der Waals surface area contributed by atoms with Crippen molar-refractivity contribution in [3.05, 3.63) is 92.4 Å². The number of aromatic nitrogens is 1. The van der Waals surface area contributed by atoms with Gasteiger partial charge in [0.2, 0.25) is 5.43 Å². The van der Waals surface area contributed by atoms with Crippen LogP contribution in [0.15, 0.2) is 64.4 Å². The number of hydrogen-bond donors (Lipinski definition) is 2. The minimum Gasteiger partial charge on any atom is -0.502 e. The normalized spacial score (nSPS) is 15.5. The highest BCUT2D eigenvalue weighted by molar-refractivity contribution is 7.98. The molecule has 35 heavy (non-hydrogen) atoms. The van der Waals surface area contributed by atoms with E-state index >= 15 is 0 Å². The first-order chi connectivity index (χ1) is 16.6. The summed E-state index contributed by atoms with van der Waals surface area (Å²) in [6, 6.07) is 13.8. The van der Waals surface area contributed by atoms with E-state index in [4.69, 9.17) is 11.6 Å². The van der Waals surface area contributed by atoms with Crippen LogP contribution < -0.4 is 10.9 Å². The number of fused-ring (bicyclic) bond motifs is 3. The minimum absolute atomic E-state index is 0.380. The summed E-state index contributed by atoms with van der Waals surface area (Å²) in [6.45, 7) is 0.447. The standard InChI is InChI=1S/C14H11ClS.C10H10F3N3O3/c15-13-6-3-5-11-9-16-14-7-2-1-4-10(14)8-12(11)13;1-5(10(11,12)13)15-4-14-16-3-2-6(17)8(18)7(16)9(15)19/h1-7H,8-9H2;2-3,5,14,18H,4H2,1H3. The second-order valence-corrected chi connectivity index (χ2v) is 9.43. The fourth-order valence-electron chi connectivity index (χ4n) is 3.79. The number of benzene rings is 2. The highest BCUT2D eigenvalue weighted by Gasteiger charge is 2.44. The largest absolute Gasteiger partial charge is 0.502 e. The molecule has 1 aromatic heterocycles. The van der Waals surface area contributed by atoms with E-state index in [0.29, 0.717) is 4.90 Å². The van der Waals surface area contributed by atoms with E-state index in [0.717, 1.165) is 34.9 Å². The van der Waals surface area contributed by atoms with Crippen molar-refractivity contribution in [2.75, 3.05) is 12.1 Å². The zero-order chi connectivity index (χ0) is 25.3. The summed E-state index contributed by atoms with van der Waals surface area (Å²) >= 11 is 8.17. The lowest BCUT2D eigenvalue weighted by atomic mass is 10.0. The molecule has 0 saturated carbocycles. The van der Waals surface area contributed by atoms with Gasteiger partial charge in [-0.3, -0.25) is 14.3 Å². The van der Waals surface area contributed by atoms with Crippen LogP contribution in [0.5, 0.6) is 5.75 Å². The molecule has 0 bridgehead atoms. The Morgan fingerprint density at radius 2 is 1.80 bits per heavy atom. The van der Waals surface area contributed by atoms with Crippen LogP contribution in [0.25, 0.3) is 0 Å². The Kier molecular flexibility index (Phi) is 7.05. The molecule has 1 amide bonds. The lowest BCUT2D eigenvalue weighted by molar-refractivity contribution is -0.172. The molecular weight excluding hydrogens is 503 g/mol. The number of carbonyl (C=O) groups is 1. The number of aromatic hydroxyl groups is 1. The smallest absolute Gasteiger partial charge is 0.408 e. The van der Waals surface area contributed by atoms with Gasteiger partial charge in [-0.1, -0.05) is 41.9 Å². The van der Waals surface area contributed by atoms with Crippen LogP contribution in [0.3, 0.4) is 0 Å². The van der Waals surface area contributed by atoms with Gasteiger partial charge in [0.1, 0.15) is 12.7 Å². The summed E-state index contributed by atoms with van der Waals surface area (Å²) in [5.41, 5.74) is 5.20. The van der Waals surface area contributed by atoms with Gasteiger partial charge in [0, 0.05) is 34.4 Å². The zero-order valence-electron chi connectivity index (χ0n) is 18.5. The van der Waals surface area contributed by atoms with Crippen LogP contribution in [-0.4, -0.2) is 39.5 Å². The summed E-state index contributed by atoms with van der Waals surface area (Å²) in [6.07, 6.45) is -2.47. The Hall–Kier alpha value is -3.11. The number of rotatable bonds is 1. The Bertz CT molecular complexity index is 1330. The third-order valence-electron chi connectivity index (χ3n) is 5.83. The highest BCUT2D eigenvalue weighted by Crippen LogP contribution is 2.36. The summed E-state index contributed by atoms with van der Waals surface area (Å²) < 4.78 is 38.9. The van der Waals surface area contributed by atoms with Crippen LogP contribution >= 0.6 is 23.4 Å². The fraction of sp³-hybridized carbons (Fsp3) is 0.250. The SMILES string of the molecule is CC(N1CNn2ccc(=O)c(O)c2C1=O)C(F)(F)F.Clc1cccc2c1Cc1ccccc1SC2. The molecule has 3 aromatic rings. The minimum atomic E-state index is -4.59. The van der Waals surface area contributed by atoms with Gasteiger partial charge in [-0.15, -0.1) is 11.8 Å². The maximum absolute atomic E-state index is 12.6. The first-order valence-corrected chi connectivity index (χ1v) is 12.0. The van der Waals surface area contributed by atoms with Gasteiger partial charge in [0.15, 0.2) is 11.4 Å². The molecule has 2 N–H and O–H groups in total. The quantitative estimate of drug-likeness (QED) is 0.470. The molecule has 0 aliphatic carbocycles. The number of nitrogens with zero attached hydrogens (tertiary/aromatic N) is 2. The van der Waals surface area contributed by atoms with Crippen LogP contribution in [0.1, 0.15) is 34.1 Å². The summed E-state index contributed by atoms with van der Waals surface area (Å²) in [5, 5.41) is 10.4. The van der Waals surface area contributed by atoms with E-state index in [1.54, 1.807) is 0 Å². The summed E-state index contributed by atoms with van der Waals surface area (Å²) in [5.74, 6) is -0.912. The van der Waals surface area contributed by atoms with Gasteiger partial charge in [-0.05, 0) is 35.7 Å². The van der Waals surface area contributed by atoms with Crippen molar-refractivity contribution >= 4 is 29.3 Å². The molecule has 1 unspecified atom stereocenters. The number of pyridine rings is 1. The molecule has 2 aliphatic rings. The van der Waals surface area contributed by atoms with Gasteiger partial charge < -0.3 is 15.4 Å². The summed E-state index contributed by atoms with van der Waals surface area (Å²) in [7, 11) is 0.